The van der Waals surface area contributed by atoms with E-state index in [2.05, 4.69) is 10.3 Å². The number of hydrogen-bond acceptors (Lipinski definition) is 4. The lowest BCUT2D eigenvalue weighted by atomic mass is 10.0. The number of pyridine rings is 1. The summed E-state index contributed by atoms with van der Waals surface area (Å²) < 4.78 is 20.1. The molecule has 0 bridgehead atoms. The maximum Gasteiger partial charge on any atom is 0.511 e. The van der Waals surface area contributed by atoms with Crippen LogP contribution in [-0.4, -0.2) is 20.6 Å². The van der Waals surface area contributed by atoms with Gasteiger partial charge in [0.15, 0.2) is 11.4 Å². The van der Waals surface area contributed by atoms with Gasteiger partial charge in [0, 0.05) is 18.3 Å². The topological polar surface area (TPSA) is 75.9 Å². The zero-order valence-corrected chi connectivity index (χ0v) is 15.1. The average Bonchev–Trinajstić information content (AvgIpc) is 2.81. The average molecular weight is 357 g/mol. The van der Waals surface area contributed by atoms with Crippen LogP contribution in [0.5, 0.6) is 5.75 Å². The van der Waals surface area contributed by atoms with Crippen molar-refractivity contribution in [3.8, 4) is 5.75 Å². The summed E-state index contributed by atoms with van der Waals surface area (Å²) in [5.41, 5.74) is 5.73. The maximum atomic E-state index is 13.5. The van der Waals surface area contributed by atoms with Crippen LogP contribution < -0.4 is 10.1 Å². The number of rotatable bonds is 4. The predicted molar refractivity (Wildman–Crippen MR) is 96.5 cm³/mol. The number of anilines is 1. The molecule has 0 saturated carbocycles. The number of benzene rings is 1. The molecule has 0 radical (unpaired) electrons. The fourth-order valence-corrected chi connectivity index (χ4v) is 3.04. The molecule has 26 heavy (non-hydrogen) atoms. The summed E-state index contributed by atoms with van der Waals surface area (Å²) in [5, 5.41) is 12.2. The minimum atomic E-state index is -1.38. The molecule has 3 aromatic rings. The highest BCUT2D eigenvalue weighted by Crippen LogP contribution is 2.27. The Labute approximate surface area is 150 Å². The molecule has 0 fully saturated rings. The van der Waals surface area contributed by atoms with E-state index >= 15 is 0 Å². The molecular weight excluding hydrogens is 337 g/mol. The summed E-state index contributed by atoms with van der Waals surface area (Å²) in [5.74, 6) is -0.0666. The first kappa shape index (κ1) is 17.7. The summed E-state index contributed by atoms with van der Waals surface area (Å²) in [4.78, 5) is 15.4. The highest BCUT2D eigenvalue weighted by molar-refractivity contribution is 5.72. The van der Waals surface area contributed by atoms with E-state index in [1.54, 1.807) is 16.7 Å². The monoisotopic (exact) mass is 357 g/mol. The molecule has 0 atom stereocenters. The fraction of sp³-hybridized carbons (Fsp3) is 0.263. The second-order valence-electron chi connectivity index (χ2n) is 6.31. The molecule has 0 amide bonds. The zero-order valence-electron chi connectivity index (χ0n) is 15.1. The van der Waals surface area contributed by atoms with E-state index in [4.69, 9.17) is 9.84 Å². The Bertz CT molecular complexity index is 988. The third-order valence-corrected chi connectivity index (χ3v) is 4.49. The van der Waals surface area contributed by atoms with E-state index in [9.17, 15) is 9.18 Å². The van der Waals surface area contributed by atoms with Crippen LogP contribution in [0, 0.1) is 33.5 Å². The predicted octanol–water partition coefficient (Wildman–Crippen LogP) is 4.38. The zero-order chi connectivity index (χ0) is 19.0. The summed E-state index contributed by atoms with van der Waals surface area (Å²) in [7, 11) is 0. The third kappa shape index (κ3) is 3.33. The van der Waals surface area contributed by atoms with Crippen molar-refractivity contribution in [3.63, 3.8) is 0 Å². The van der Waals surface area contributed by atoms with Gasteiger partial charge in [0.05, 0.1) is 17.6 Å². The van der Waals surface area contributed by atoms with Gasteiger partial charge >= 0.3 is 6.16 Å². The van der Waals surface area contributed by atoms with Crippen LogP contribution in [0.3, 0.4) is 0 Å². The Morgan fingerprint density at radius 2 is 1.88 bits per heavy atom. The number of imidazole rings is 1. The second-order valence-corrected chi connectivity index (χ2v) is 6.31. The number of carboxylic acid groups (broad SMARTS) is 1. The number of aromatic nitrogens is 2. The Balaban J connectivity index is 2.01. The van der Waals surface area contributed by atoms with Gasteiger partial charge in [0.25, 0.3) is 0 Å². The Morgan fingerprint density at radius 3 is 2.50 bits per heavy atom. The number of ether oxygens (including phenoxy) is 1. The summed E-state index contributed by atoms with van der Waals surface area (Å²) in [6, 6.07) is 4.59. The molecule has 0 saturated heterocycles. The van der Waals surface area contributed by atoms with Crippen molar-refractivity contribution in [2.24, 2.45) is 0 Å². The van der Waals surface area contributed by atoms with Gasteiger partial charge in [-0.15, -0.1) is 0 Å². The van der Waals surface area contributed by atoms with Gasteiger partial charge < -0.3 is 15.2 Å². The minimum Gasteiger partial charge on any atom is -0.449 e. The Hall–Kier alpha value is -3.09. The first-order valence-electron chi connectivity index (χ1n) is 8.16. The molecule has 2 heterocycles. The van der Waals surface area contributed by atoms with E-state index in [-0.39, 0.29) is 11.6 Å². The molecule has 1 aromatic carbocycles. The van der Waals surface area contributed by atoms with Crippen LogP contribution >= 0.6 is 0 Å². The van der Waals surface area contributed by atoms with Crippen molar-refractivity contribution >= 4 is 17.5 Å². The molecule has 0 aliphatic heterocycles. The second kappa shape index (κ2) is 6.67. The molecule has 3 rings (SSSR count). The third-order valence-electron chi connectivity index (χ3n) is 4.49. The first-order chi connectivity index (χ1) is 12.3. The van der Waals surface area contributed by atoms with Gasteiger partial charge in [0.2, 0.25) is 0 Å². The van der Waals surface area contributed by atoms with Gasteiger partial charge in [-0.2, -0.15) is 0 Å². The number of halogens is 1. The van der Waals surface area contributed by atoms with Gasteiger partial charge in [-0.3, -0.25) is 4.40 Å². The lowest BCUT2D eigenvalue weighted by Crippen LogP contribution is -2.08. The quantitative estimate of drug-likeness (QED) is 0.678. The lowest BCUT2D eigenvalue weighted by Gasteiger charge is -2.14. The lowest BCUT2D eigenvalue weighted by molar-refractivity contribution is 0.144. The number of carbonyl (C=O) groups is 1. The smallest absolute Gasteiger partial charge is 0.449 e. The molecule has 7 heteroatoms. The molecule has 6 nitrogen and oxygen atoms in total. The minimum absolute atomic E-state index is 0.195. The number of nitrogens with one attached hydrogen (secondary N) is 1. The number of fused-ring (bicyclic) bond motifs is 1. The van der Waals surface area contributed by atoms with Crippen molar-refractivity contribution in [3.05, 3.63) is 58.3 Å². The highest BCUT2D eigenvalue weighted by atomic mass is 19.1. The molecule has 0 unspecified atom stereocenters. The Morgan fingerprint density at radius 1 is 1.23 bits per heavy atom. The standard InChI is InChI=1S/C19H20FN3O3/c1-10-5-14(20)6-11(2)16(10)8-21-17-7-15(26-19(24)25)9-23-13(4)12(3)22-18(17)23/h5-7,9,21H,8H2,1-4H3,(H,24,25). The molecule has 0 aliphatic carbocycles. The fourth-order valence-electron chi connectivity index (χ4n) is 3.04. The van der Waals surface area contributed by atoms with E-state index in [1.807, 2.05) is 27.7 Å². The van der Waals surface area contributed by atoms with Crippen LogP contribution in [0.2, 0.25) is 0 Å². The van der Waals surface area contributed by atoms with Crippen molar-refractivity contribution < 1.29 is 19.0 Å². The highest BCUT2D eigenvalue weighted by Gasteiger charge is 2.14. The molecule has 136 valence electrons. The normalized spacial score (nSPS) is 11.0. The van der Waals surface area contributed by atoms with E-state index in [0.717, 1.165) is 28.1 Å². The van der Waals surface area contributed by atoms with Gasteiger partial charge in [-0.1, -0.05) is 0 Å². The summed E-state index contributed by atoms with van der Waals surface area (Å²) in [6.45, 7) is 7.96. The SMILES string of the molecule is Cc1cc(F)cc(C)c1CNc1cc(OC(=O)O)cn2c(C)c(C)nc12. The van der Waals surface area contributed by atoms with Crippen molar-refractivity contribution in [1.82, 2.24) is 9.38 Å². The van der Waals surface area contributed by atoms with Crippen LogP contribution in [0.4, 0.5) is 14.9 Å². The van der Waals surface area contributed by atoms with Crippen LogP contribution in [0.15, 0.2) is 24.4 Å². The molecule has 0 aliphatic rings. The van der Waals surface area contributed by atoms with Crippen molar-refractivity contribution in [2.45, 2.75) is 34.2 Å². The number of hydrogen-bond donors (Lipinski definition) is 2. The largest absolute Gasteiger partial charge is 0.511 e. The van der Waals surface area contributed by atoms with E-state index in [0.29, 0.717) is 17.9 Å². The van der Waals surface area contributed by atoms with Crippen LogP contribution in [-0.2, 0) is 6.54 Å². The van der Waals surface area contributed by atoms with E-state index in [1.165, 1.54) is 12.1 Å². The molecule has 2 N–H and O–H groups in total. The van der Waals surface area contributed by atoms with Crippen LogP contribution in [0.25, 0.3) is 5.65 Å². The Kier molecular flexibility index (Phi) is 4.54. The van der Waals surface area contributed by atoms with Crippen molar-refractivity contribution in [2.75, 3.05) is 5.32 Å². The summed E-state index contributed by atoms with van der Waals surface area (Å²) >= 11 is 0. The van der Waals surface area contributed by atoms with Gasteiger partial charge in [-0.05, 0) is 56.5 Å². The summed E-state index contributed by atoms with van der Waals surface area (Å²) in [6.07, 6.45) is 0.216. The van der Waals surface area contributed by atoms with Gasteiger partial charge in [-0.25, -0.2) is 14.2 Å². The number of aryl methyl sites for hydroxylation is 4. The number of nitrogens with zero attached hydrogens (tertiary/aromatic N) is 2. The molecule has 2 aromatic heterocycles. The molecule has 0 spiro atoms. The van der Waals surface area contributed by atoms with Crippen molar-refractivity contribution in [1.29, 1.82) is 0 Å². The molecular formula is C19H20FN3O3. The van der Waals surface area contributed by atoms with Gasteiger partial charge in [0.1, 0.15) is 5.82 Å². The van der Waals surface area contributed by atoms with Crippen LogP contribution in [0.1, 0.15) is 28.1 Å². The maximum absolute atomic E-state index is 13.5. The first-order valence-corrected chi connectivity index (χ1v) is 8.16. The van der Waals surface area contributed by atoms with E-state index < -0.39 is 6.16 Å².